The number of fused-ring (bicyclic) bond motifs is 3. The monoisotopic (exact) mass is 599 g/mol. The molecule has 1 saturated carbocycles. The minimum Gasteiger partial charge on any atom is -0.487 e. The summed E-state index contributed by atoms with van der Waals surface area (Å²) in [6.07, 6.45) is 8.18. The standard InChI is InChI=1S/C36H57NO6/c1-11-12-13-14-18-34(5,6)24-21-28(30-26-23-25(38)16-17-27(26)36(9,10)42-29(30)22-24)41-31(39)35(7,8)19-15-20-37-32(40)43-33(2,3)4/h21-22,26-27H,11-20,23H2,1-10H3,(H,37,40)/t26-,27+/m1/s1. The fraction of sp³-hybridized carbons (Fsp3) is 0.750. The van der Waals surface area contributed by atoms with E-state index in [4.69, 9.17) is 14.2 Å². The summed E-state index contributed by atoms with van der Waals surface area (Å²) < 4.78 is 18.3. The zero-order chi connectivity index (χ0) is 32.2. The van der Waals surface area contributed by atoms with E-state index >= 15 is 0 Å². The number of unbranched alkanes of at least 4 members (excludes halogenated alkanes) is 3. The van der Waals surface area contributed by atoms with E-state index in [-0.39, 0.29) is 29.0 Å². The summed E-state index contributed by atoms with van der Waals surface area (Å²) >= 11 is 0. The number of alkyl carbamates (subject to hydrolysis) is 1. The molecule has 7 heteroatoms. The topological polar surface area (TPSA) is 90.9 Å². The number of hydrogen-bond acceptors (Lipinski definition) is 6. The van der Waals surface area contributed by atoms with E-state index in [0.717, 1.165) is 36.1 Å². The molecule has 3 rings (SSSR count). The zero-order valence-electron chi connectivity index (χ0n) is 28.5. The average molecular weight is 600 g/mol. The number of rotatable bonds is 12. The maximum Gasteiger partial charge on any atom is 0.407 e. The van der Waals surface area contributed by atoms with Crippen LogP contribution in [0.4, 0.5) is 4.79 Å². The number of esters is 1. The molecule has 0 saturated heterocycles. The third-order valence-corrected chi connectivity index (χ3v) is 9.25. The lowest BCUT2D eigenvalue weighted by atomic mass is 9.66. The number of carbonyl (C=O) groups excluding carboxylic acids is 3. The maximum absolute atomic E-state index is 13.8. The highest BCUT2D eigenvalue weighted by molar-refractivity contribution is 5.82. The van der Waals surface area contributed by atoms with Gasteiger partial charge < -0.3 is 19.5 Å². The van der Waals surface area contributed by atoms with Crippen molar-refractivity contribution in [3.63, 3.8) is 0 Å². The van der Waals surface area contributed by atoms with Crippen molar-refractivity contribution in [3.8, 4) is 11.5 Å². The smallest absolute Gasteiger partial charge is 0.407 e. The van der Waals surface area contributed by atoms with Crippen LogP contribution in [0.15, 0.2) is 12.1 Å². The van der Waals surface area contributed by atoms with Crippen molar-refractivity contribution in [2.75, 3.05) is 6.54 Å². The third-order valence-electron chi connectivity index (χ3n) is 9.25. The molecule has 1 aliphatic heterocycles. The van der Waals surface area contributed by atoms with E-state index in [1.54, 1.807) is 0 Å². The van der Waals surface area contributed by atoms with Gasteiger partial charge in [-0.05, 0) is 97.3 Å². The number of benzene rings is 1. The Kier molecular flexibility index (Phi) is 11.0. The van der Waals surface area contributed by atoms with Gasteiger partial charge in [-0.25, -0.2) is 4.79 Å². The Balaban J connectivity index is 1.88. The minimum absolute atomic E-state index is 0.0503. The van der Waals surface area contributed by atoms with Crippen molar-refractivity contribution < 1.29 is 28.6 Å². The maximum atomic E-state index is 13.8. The van der Waals surface area contributed by atoms with E-state index in [1.807, 2.05) is 40.7 Å². The number of Topliss-reactive ketones (excluding diaryl/α,β-unsaturated/α-hetero) is 1. The Bertz CT molecular complexity index is 1160. The molecule has 2 atom stereocenters. The van der Waals surface area contributed by atoms with Crippen LogP contribution < -0.4 is 14.8 Å². The quantitative estimate of drug-likeness (QED) is 0.147. The molecule has 0 unspecified atom stereocenters. The summed E-state index contributed by atoms with van der Waals surface area (Å²) in [4.78, 5) is 38.5. The summed E-state index contributed by atoms with van der Waals surface area (Å²) in [6.45, 7) is 20.6. The number of ketones is 1. The van der Waals surface area contributed by atoms with Crippen molar-refractivity contribution >= 4 is 17.8 Å². The molecule has 1 heterocycles. The SMILES string of the molecule is CCCCCCC(C)(C)c1cc(OC(=O)C(C)(C)CCCNC(=O)OC(C)(C)C)c2c(c1)OC(C)(C)[C@H]1CCC(=O)C[C@@H]21. The highest BCUT2D eigenvalue weighted by Gasteiger charge is 2.48. The Morgan fingerprint density at radius 3 is 2.35 bits per heavy atom. The van der Waals surface area contributed by atoms with Crippen LogP contribution >= 0.6 is 0 Å². The van der Waals surface area contributed by atoms with Crippen LogP contribution in [0.3, 0.4) is 0 Å². The molecular weight excluding hydrogens is 542 g/mol. The van der Waals surface area contributed by atoms with E-state index in [0.29, 0.717) is 38.0 Å². The molecule has 43 heavy (non-hydrogen) atoms. The van der Waals surface area contributed by atoms with Crippen molar-refractivity contribution in [3.05, 3.63) is 23.3 Å². The van der Waals surface area contributed by atoms with E-state index < -0.39 is 22.7 Å². The molecule has 1 amide bonds. The first-order chi connectivity index (χ1) is 19.9. The fourth-order valence-corrected chi connectivity index (χ4v) is 6.54. The third kappa shape index (κ3) is 9.21. The molecule has 1 aromatic carbocycles. The molecule has 7 nitrogen and oxygen atoms in total. The number of carbonyl (C=O) groups is 3. The largest absolute Gasteiger partial charge is 0.487 e. The summed E-state index contributed by atoms with van der Waals surface area (Å²) in [5.74, 6) is 1.30. The normalized spacial score (nSPS) is 20.0. The first kappa shape index (κ1) is 34.9. The van der Waals surface area contributed by atoms with Gasteiger partial charge in [0.2, 0.25) is 0 Å². The minimum atomic E-state index is -0.787. The Morgan fingerprint density at radius 2 is 1.70 bits per heavy atom. The predicted molar refractivity (Wildman–Crippen MR) is 171 cm³/mol. The molecule has 2 aliphatic rings. The van der Waals surface area contributed by atoms with Crippen LogP contribution in [0.1, 0.15) is 150 Å². The summed E-state index contributed by atoms with van der Waals surface area (Å²) in [7, 11) is 0. The van der Waals surface area contributed by atoms with E-state index in [1.165, 1.54) is 19.3 Å². The van der Waals surface area contributed by atoms with E-state index in [2.05, 4.69) is 46.0 Å². The highest BCUT2D eigenvalue weighted by atomic mass is 16.6. The number of hydrogen-bond donors (Lipinski definition) is 1. The lowest BCUT2D eigenvalue weighted by Crippen LogP contribution is -2.47. The molecule has 1 fully saturated rings. The Labute approximate surface area is 260 Å². The van der Waals surface area contributed by atoms with Gasteiger partial charge in [0.05, 0.1) is 5.41 Å². The summed E-state index contributed by atoms with van der Waals surface area (Å²) in [5.41, 5.74) is 0.0277. The highest BCUT2D eigenvalue weighted by Crippen LogP contribution is 2.55. The summed E-state index contributed by atoms with van der Waals surface area (Å²) in [5, 5.41) is 2.77. The van der Waals surface area contributed by atoms with Crippen LogP contribution in [-0.2, 0) is 19.7 Å². The van der Waals surface area contributed by atoms with Crippen molar-refractivity contribution in [1.29, 1.82) is 0 Å². The van der Waals surface area contributed by atoms with Crippen LogP contribution in [0.2, 0.25) is 0 Å². The zero-order valence-corrected chi connectivity index (χ0v) is 28.5. The first-order valence-corrected chi connectivity index (χ1v) is 16.4. The molecule has 242 valence electrons. The van der Waals surface area contributed by atoms with E-state index in [9.17, 15) is 14.4 Å². The second-order valence-electron chi connectivity index (χ2n) is 15.6. The number of nitrogens with one attached hydrogen (secondary N) is 1. The molecule has 1 aliphatic carbocycles. The van der Waals surface area contributed by atoms with Gasteiger partial charge in [0, 0.05) is 36.8 Å². The van der Waals surface area contributed by atoms with Crippen molar-refractivity contribution in [2.24, 2.45) is 11.3 Å². The van der Waals surface area contributed by atoms with Crippen LogP contribution in [-0.4, -0.2) is 35.6 Å². The molecule has 0 bridgehead atoms. The van der Waals surface area contributed by atoms with Crippen LogP contribution in [0.25, 0.3) is 0 Å². The van der Waals surface area contributed by atoms with Gasteiger partial charge in [-0.1, -0.05) is 46.5 Å². The van der Waals surface area contributed by atoms with Gasteiger partial charge in [-0.2, -0.15) is 0 Å². The average Bonchev–Trinajstić information content (AvgIpc) is 2.87. The molecule has 0 radical (unpaired) electrons. The summed E-state index contributed by atoms with van der Waals surface area (Å²) in [6, 6.07) is 4.17. The van der Waals surface area contributed by atoms with Crippen molar-refractivity contribution in [2.45, 2.75) is 156 Å². The molecule has 0 spiro atoms. The van der Waals surface area contributed by atoms with Gasteiger partial charge in [0.1, 0.15) is 28.5 Å². The predicted octanol–water partition coefficient (Wildman–Crippen LogP) is 8.79. The Morgan fingerprint density at radius 1 is 1.00 bits per heavy atom. The Hall–Kier alpha value is -2.57. The fourth-order valence-electron chi connectivity index (χ4n) is 6.54. The molecule has 0 aromatic heterocycles. The van der Waals surface area contributed by atoms with Gasteiger partial charge in [0.25, 0.3) is 0 Å². The second-order valence-corrected chi connectivity index (χ2v) is 15.6. The molecular formula is C36H57NO6. The molecule has 1 aromatic rings. The van der Waals surface area contributed by atoms with Gasteiger partial charge >= 0.3 is 12.1 Å². The van der Waals surface area contributed by atoms with Gasteiger partial charge in [-0.15, -0.1) is 0 Å². The number of ether oxygens (including phenoxy) is 3. The van der Waals surface area contributed by atoms with Crippen LogP contribution in [0, 0.1) is 11.3 Å². The first-order valence-electron chi connectivity index (χ1n) is 16.4. The van der Waals surface area contributed by atoms with Gasteiger partial charge in [-0.3, -0.25) is 9.59 Å². The lowest BCUT2D eigenvalue weighted by molar-refractivity contribution is -0.144. The lowest BCUT2D eigenvalue weighted by Gasteiger charge is -2.47. The van der Waals surface area contributed by atoms with Crippen LogP contribution in [0.5, 0.6) is 11.5 Å². The van der Waals surface area contributed by atoms with Gasteiger partial charge in [0.15, 0.2) is 0 Å². The molecule has 1 N–H and O–H groups in total. The second kappa shape index (κ2) is 13.6. The van der Waals surface area contributed by atoms with Crippen molar-refractivity contribution in [1.82, 2.24) is 5.32 Å². The number of amides is 1.